The van der Waals surface area contributed by atoms with Crippen LogP contribution in [0.2, 0.25) is 0 Å². The van der Waals surface area contributed by atoms with Gasteiger partial charge in [-0.15, -0.1) is 0 Å². The Kier molecular flexibility index (Phi) is 4.29. The third-order valence-corrected chi connectivity index (χ3v) is 5.23. The fraction of sp³-hybridized carbons (Fsp3) is 0.611. The first-order valence-electron chi connectivity index (χ1n) is 8.26. The maximum atomic E-state index is 12.9. The van der Waals surface area contributed by atoms with E-state index in [0.717, 1.165) is 45.3 Å². The van der Waals surface area contributed by atoms with Crippen molar-refractivity contribution in [2.24, 2.45) is 5.92 Å². The number of likely N-dealkylation sites (tertiary alicyclic amines) is 1. The van der Waals surface area contributed by atoms with Crippen molar-refractivity contribution in [1.82, 2.24) is 10.2 Å². The number of nitrogens with one attached hydrogen (secondary N) is 1. The van der Waals surface area contributed by atoms with Crippen molar-refractivity contribution in [3.8, 4) is 0 Å². The van der Waals surface area contributed by atoms with Gasteiger partial charge in [0.1, 0.15) is 0 Å². The summed E-state index contributed by atoms with van der Waals surface area (Å²) in [5, 5.41) is 3.35. The molecule has 3 nitrogen and oxygen atoms in total. The van der Waals surface area contributed by atoms with Crippen LogP contribution in [0.4, 0.5) is 0 Å². The van der Waals surface area contributed by atoms with Gasteiger partial charge < -0.3 is 10.2 Å². The lowest BCUT2D eigenvalue weighted by atomic mass is 9.93. The molecule has 2 aliphatic heterocycles. The number of nitrogens with zero attached hydrogens (tertiary/aromatic N) is 1. The fourth-order valence-corrected chi connectivity index (χ4v) is 3.79. The van der Waals surface area contributed by atoms with E-state index in [1.807, 2.05) is 0 Å². The fourth-order valence-electron chi connectivity index (χ4n) is 3.79. The number of piperidine rings is 1. The van der Waals surface area contributed by atoms with Crippen LogP contribution in [0.15, 0.2) is 18.2 Å². The van der Waals surface area contributed by atoms with E-state index in [2.05, 4.69) is 42.3 Å². The third-order valence-electron chi connectivity index (χ3n) is 5.23. The molecule has 1 unspecified atom stereocenters. The quantitative estimate of drug-likeness (QED) is 0.906. The van der Waals surface area contributed by atoms with Gasteiger partial charge in [0.05, 0.1) is 6.04 Å². The van der Waals surface area contributed by atoms with Gasteiger partial charge in [0.15, 0.2) is 0 Å². The highest BCUT2D eigenvalue weighted by molar-refractivity contribution is 5.80. The summed E-state index contributed by atoms with van der Waals surface area (Å²) in [4.78, 5) is 15.0. The summed E-state index contributed by atoms with van der Waals surface area (Å²) < 4.78 is 0. The van der Waals surface area contributed by atoms with Crippen LogP contribution in [0.1, 0.15) is 48.4 Å². The van der Waals surface area contributed by atoms with Gasteiger partial charge in [-0.2, -0.15) is 0 Å². The van der Waals surface area contributed by atoms with Crippen LogP contribution in [0.25, 0.3) is 0 Å². The van der Waals surface area contributed by atoms with Crippen molar-refractivity contribution < 1.29 is 4.79 Å². The molecular formula is C18H26N2O. The van der Waals surface area contributed by atoms with Crippen molar-refractivity contribution in [2.75, 3.05) is 19.6 Å². The molecule has 2 aliphatic rings. The molecule has 0 aliphatic carbocycles. The molecule has 1 amide bonds. The van der Waals surface area contributed by atoms with E-state index in [9.17, 15) is 4.79 Å². The summed E-state index contributed by atoms with van der Waals surface area (Å²) in [5.41, 5.74) is 4.04. The molecule has 0 spiro atoms. The number of aryl methyl sites for hydroxylation is 1. The van der Waals surface area contributed by atoms with Gasteiger partial charge in [0, 0.05) is 12.5 Å². The third kappa shape index (κ3) is 2.84. The molecule has 1 atom stereocenters. The van der Waals surface area contributed by atoms with Crippen molar-refractivity contribution in [3.63, 3.8) is 0 Å². The van der Waals surface area contributed by atoms with Gasteiger partial charge in [0.2, 0.25) is 5.91 Å². The van der Waals surface area contributed by atoms with E-state index in [1.54, 1.807) is 0 Å². The summed E-state index contributed by atoms with van der Waals surface area (Å²) >= 11 is 0. The first-order valence-corrected chi connectivity index (χ1v) is 8.26. The highest BCUT2D eigenvalue weighted by Gasteiger charge is 2.34. The molecule has 114 valence electrons. The molecule has 2 heterocycles. The van der Waals surface area contributed by atoms with Crippen LogP contribution < -0.4 is 5.32 Å². The Morgan fingerprint density at radius 2 is 1.95 bits per heavy atom. The summed E-state index contributed by atoms with van der Waals surface area (Å²) in [6.45, 7) is 7.25. The zero-order valence-electron chi connectivity index (χ0n) is 13.2. The van der Waals surface area contributed by atoms with E-state index in [0.29, 0.717) is 11.9 Å². The Labute approximate surface area is 127 Å². The second-order valence-corrected chi connectivity index (χ2v) is 6.50. The highest BCUT2D eigenvalue weighted by atomic mass is 16.2. The number of benzene rings is 1. The average Bonchev–Trinajstić information content (AvgIpc) is 2.99. The number of carbonyl (C=O) groups excluding carboxylic acids is 1. The van der Waals surface area contributed by atoms with Gasteiger partial charge >= 0.3 is 0 Å². The summed E-state index contributed by atoms with van der Waals surface area (Å²) in [5.74, 6) is 0.622. The predicted molar refractivity (Wildman–Crippen MR) is 85.2 cm³/mol. The molecule has 0 radical (unpaired) electrons. The van der Waals surface area contributed by atoms with E-state index in [1.165, 1.54) is 16.7 Å². The molecule has 21 heavy (non-hydrogen) atoms. The first kappa shape index (κ1) is 14.6. The average molecular weight is 286 g/mol. The lowest BCUT2D eigenvalue weighted by Crippen LogP contribution is -2.40. The highest BCUT2D eigenvalue weighted by Crippen LogP contribution is 2.36. The standard InChI is InChI=1S/C18H26N2O/c1-13-5-3-6-16(14(13)2)17-7-4-12-20(17)18(21)15-8-10-19-11-9-15/h3,5-6,15,17,19H,4,7-12H2,1-2H3. The van der Waals surface area contributed by atoms with Crippen molar-refractivity contribution >= 4 is 5.91 Å². The van der Waals surface area contributed by atoms with Crippen molar-refractivity contribution in [3.05, 3.63) is 34.9 Å². The van der Waals surface area contributed by atoms with E-state index in [-0.39, 0.29) is 5.92 Å². The molecule has 0 aromatic heterocycles. The summed E-state index contributed by atoms with van der Waals surface area (Å²) in [6, 6.07) is 6.80. The molecule has 0 saturated carbocycles. The molecule has 2 fully saturated rings. The van der Waals surface area contributed by atoms with Gasteiger partial charge in [-0.3, -0.25) is 4.79 Å². The Morgan fingerprint density at radius 1 is 1.19 bits per heavy atom. The van der Waals surface area contributed by atoms with Gasteiger partial charge in [-0.05, 0) is 69.3 Å². The van der Waals surface area contributed by atoms with Crippen LogP contribution >= 0.6 is 0 Å². The minimum absolute atomic E-state index is 0.233. The number of hydrogen-bond acceptors (Lipinski definition) is 2. The number of rotatable bonds is 2. The topological polar surface area (TPSA) is 32.3 Å². The summed E-state index contributed by atoms with van der Waals surface area (Å²) in [6.07, 6.45) is 4.24. The monoisotopic (exact) mass is 286 g/mol. The zero-order valence-corrected chi connectivity index (χ0v) is 13.2. The number of carbonyl (C=O) groups is 1. The van der Waals surface area contributed by atoms with E-state index >= 15 is 0 Å². The van der Waals surface area contributed by atoms with Crippen LogP contribution in [0.5, 0.6) is 0 Å². The lowest BCUT2D eigenvalue weighted by Gasteiger charge is -2.32. The minimum atomic E-state index is 0.233. The van der Waals surface area contributed by atoms with Crippen LogP contribution in [-0.2, 0) is 4.79 Å². The zero-order chi connectivity index (χ0) is 14.8. The normalized spacial score (nSPS) is 23.5. The molecule has 0 bridgehead atoms. The van der Waals surface area contributed by atoms with E-state index < -0.39 is 0 Å². The van der Waals surface area contributed by atoms with Gasteiger partial charge in [0.25, 0.3) is 0 Å². The Balaban J connectivity index is 1.81. The SMILES string of the molecule is Cc1cccc(C2CCCN2C(=O)C2CCNCC2)c1C. The Hall–Kier alpha value is -1.35. The number of hydrogen-bond donors (Lipinski definition) is 1. The minimum Gasteiger partial charge on any atom is -0.335 e. The molecule has 1 aromatic rings. The maximum absolute atomic E-state index is 12.9. The van der Waals surface area contributed by atoms with Crippen LogP contribution in [-0.4, -0.2) is 30.4 Å². The van der Waals surface area contributed by atoms with Crippen molar-refractivity contribution in [1.29, 1.82) is 0 Å². The molecule has 1 N–H and O–H groups in total. The Bertz CT molecular complexity index is 520. The first-order chi connectivity index (χ1) is 10.2. The van der Waals surface area contributed by atoms with Crippen LogP contribution in [0.3, 0.4) is 0 Å². The van der Waals surface area contributed by atoms with Crippen molar-refractivity contribution in [2.45, 2.75) is 45.6 Å². The second-order valence-electron chi connectivity index (χ2n) is 6.50. The van der Waals surface area contributed by atoms with Crippen LogP contribution in [0, 0.1) is 19.8 Å². The maximum Gasteiger partial charge on any atom is 0.226 e. The molecular weight excluding hydrogens is 260 g/mol. The predicted octanol–water partition coefficient (Wildman–Crippen LogP) is 2.97. The largest absolute Gasteiger partial charge is 0.335 e. The Morgan fingerprint density at radius 3 is 2.71 bits per heavy atom. The lowest BCUT2D eigenvalue weighted by molar-refractivity contribution is -0.137. The summed E-state index contributed by atoms with van der Waals surface area (Å²) in [7, 11) is 0. The molecule has 2 saturated heterocycles. The number of amides is 1. The van der Waals surface area contributed by atoms with Gasteiger partial charge in [-0.1, -0.05) is 18.2 Å². The van der Waals surface area contributed by atoms with E-state index in [4.69, 9.17) is 0 Å². The second kappa shape index (κ2) is 6.18. The molecule has 3 rings (SSSR count). The molecule has 1 aromatic carbocycles. The smallest absolute Gasteiger partial charge is 0.226 e. The van der Waals surface area contributed by atoms with Gasteiger partial charge in [-0.25, -0.2) is 0 Å². The molecule has 3 heteroatoms.